The fourth-order valence-corrected chi connectivity index (χ4v) is 10.4. The SMILES string of the molecule is CC1(C)c2ccccc2-c2cc(N(c3ccc4c(c3)C3(c5ccccc5-c5ccccc53)c3ccccc3-4)c3ccc4c(c3)oc3ccccc34)ccc21. The van der Waals surface area contributed by atoms with Crippen molar-refractivity contribution in [1.82, 2.24) is 0 Å². The summed E-state index contributed by atoms with van der Waals surface area (Å²) in [5, 5.41) is 2.26. The number of hydrogen-bond acceptors (Lipinski definition) is 2. The predicted molar refractivity (Wildman–Crippen MR) is 222 cm³/mol. The molecule has 0 N–H and O–H groups in total. The third-order valence-electron chi connectivity index (χ3n) is 12.7. The van der Waals surface area contributed by atoms with E-state index >= 15 is 0 Å². The van der Waals surface area contributed by atoms with Gasteiger partial charge in [0.05, 0.1) is 5.41 Å². The summed E-state index contributed by atoms with van der Waals surface area (Å²) in [7, 11) is 0. The molecule has 8 aromatic carbocycles. The Morgan fingerprint density at radius 1 is 0.352 bits per heavy atom. The van der Waals surface area contributed by atoms with E-state index in [9.17, 15) is 0 Å². The summed E-state index contributed by atoms with van der Waals surface area (Å²) < 4.78 is 6.51. The Balaban J connectivity index is 1.13. The van der Waals surface area contributed by atoms with Crippen molar-refractivity contribution < 1.29 is 4.42 Å². The highest BCUT2D eigenvalue weighted by atomic mass is 16.3. The van der Waals surface area contributed by atoms with Crippen molar-refractivity contribution >= 4 is 39.0 Å². The quantitative estimate of drug-likeness (QED) is 0.184. The van der Waals surface area contributed by atoms with E-state index in [2.05, 4.69) is 189 Å². The Hall–Kier alpha value is -6.64. The molecule has 0 bridgehead atoms. The molecule has 9 aromatic rings. The van der Waals surface area contributed by atoms with E-state index in [1.165, 1.54) is 66.8 Å². The lowest BCUT2D eigenvalue weighted by Gasteiger charge is -2.32. The van der Waals surface area contributed by atoms with Crippen molar-refractivity contribution in [2.24, 2.45) is 0 Å². The van der Waals surface area contributed by atoms with Crippen LogP contribution < -0.4 is 4.90 Å². The van der Waals surface area contributed by atoms with Crippen LogP contribution in [0.2, 0.25) is 0 Å². The highest BCUT2D eigenvalue weighted by molar-refractivity contribution is 6.06. The molecule has 2 heteroatoms. The van der Waals surface area contributed by atoms with Crippen LogP contribution in [0.4, 0.5) is 17.1 Å². The van der Waals surface area contributed by atoms with Gasteiger partial charge in [0.15, 0.2) is 0 Å². The molecule has 1 aromatic heterocycles. The summed E-state index contributed by atoms with van der Waals surface area (Å²) in [6.07, 6.45) is 0. The molecular weight excluding hydrogens is 655 g/mol. The lowest BCUT2D eigenvalue weighted by atomic mass is 9.70. The van der Waals surface area contributed by atoms with Gasteiger partial charge < -0.3 is 9.32 Å². The first-order chi connectivity index (χ1) is 26.5. The maximum atomic E-state index is 6.51. The van der Waals surface area contributed by atoms with E-state index in [4.69, 9.17) is 4.42 Å². The third-order valence-corrected chi connectivity index (χ3v) is 12.7. The van der Waals surface area contributed by atoms with Gasteiger partial charge in [-0.05, 0) is 109 Å². The Labute approximate surface area is 314 Å². The van der Waals surface area contributed by atoms with Gasteiger partial charge in [0.2, 0.25) is 0 Å². The van der Waals surface area contributed by atoms with E-state index < -0.39 is 5.41 Å². The number of anilines is 3. The van der Waals surface area contributed by atoms with Crippen molar-refractivity contribution in [3.63, 3.8) is 0 Å². The maximum absolute atomic E-state index is 6.51. The van der Waals surface area contributed by atoms with Crippen LogP contribution in [-0.2, 0) is 10.8 Å². The lowest BCUT2D eigenvalue weighted by Crippen LogP contribution is -2.26. The molecule has 2 nitrogen and oxygen atoms in total. The van der Waals surface area contributed by atoms with Crippen molar-refractivity contribution in [3.8, 4) is 33.4 Å². The van der Waals surface area contributed by atoms with Crippen LogP contribution in [0.1, 0.15) is 47.2 Å². The highest BCUT2D eigenvalue weighted by Crippen LogP contribution is 2.63. The fraction of sp³-hybridized carbons (Fsp3) is 0.0769. The normalized spacial score (nSPS) is 14.8. The topological polar surface area (TPSA) is 16.4 Å². The highest BCUT2D eigenvalue weighted by Gasteiger charge is 2.51. The van der Waals surface area contributed by atoms with E-state index in [1.54, 1.807) is 0 Å². The maximum Gasteiger partial charge on any atom is 0.137 e. The number of para-hydroxylation sites is 1. The first kappa shape index (κ1) is 29.9. The van der Waals surface area contributed by atoms with Gasteiger partial charge in [0.1, 0.15) is 11.2 Å². The van der Waals surface area contributed by atoms with Gasteiger partial charge >= 0.3 is 0 Å². The third kappa shape index (κ3) is 3.70. The minimum Gasteiger partial charge on any atom is -0.456 e. The minimum atomic E-state index is -0.426. The van der Waals surface area contributed by atoms with Crippen molar-refractivity contribution in [1.29, 1.82) is 0 Å². The molecule has 0 saturated heterocycles. The number of benzene rings is 8. The Morgan fingerprint density at radius 2 is 0.815 bits per heavy atom. The summed E-state index contributed by atoms with van der Waals surface area (Å²) in [5.74, 6) is 0. The molecule has 1 heterocycles. The minimum absolute atomic E-state index is 0.0720. The van der Waals surface area contributed by atoms with Gasteiger partial charge in [0, 0.05) is 39.3 Å². The average Bonchev–Trinajstić information content (AvgIpc) is 3.90. The fourth-order valence-electron chi connectivity index (χ4n) is 10.4. The van der Waals surface area contributed by atoms with E-state index in [0.717, 1.165) is 39.0 Å². The number of rotatable bonds is 3. The zero-order valence-electron chi connectivity index (χ0n) is 30.1. The second-order valence-corrected chi connectivity index (χ2v) is 15.6. The molecule has 0 unspecified atom stereocenters. The lowest BCUT2D eigenvalue weighted by molar-refractivity contribution is 0.660. The smallest absolute Gasteiger partial charge is 0.137 e. The predicted octanol–water partition coefficient (Wildman–Crippen LogP) is 13.7. The Bertz CT molecular complexity index is 2990. The second-order valence-electron chi connectivity index (χ2n) is 15.6. The van der Waals surface area contributed by atoms with Crippen molar-refractivity contribution in [2.75, 3.05) is 4.90 Å². The summed E-state index contributed by atoms with van der Waals surface area (Å²) in [6, 6.07) is 65.2. The largest absolute Gasteiger partial charge is 0.456 e. The first-order valence-electron chi connectivity index (χ1n) is 18.9. The van der Waals surface area contributed by atoms with Gasteiger partial charge in [0.25, 0.3) is 0 Å². The zero-order chi connectivity index (χ0) is 35.8. The molecule has 54 heavy (non-hydrogen) atoms. The molecule has 12 rings (SSSR count). The molecule has 0 fully saturated rings. The number of furan rings is 1. The van der Waals surface area contributed by atoms with Crippen LogP contribution in [0.25, 0.3) is 55.3 Å². The summed E-state index contributed by atoms with van der Waals surface area (Å²) in [6.45, 7) is 4.69. The molecule has 3 aliphatic carbocycles. The van der Waals surface area contributed by atoms with Crippen molar-refractivity contribution in [3.05, 3.63) is 209 Å². The van der Waals surface area contributed by atoms with Crippen LogP contribution in [0.15, 0.2) is 180 Å². The van der Waals surface area contributed by atoms with Gasteiger partial charge in [-0.1, -0.05) is 141 Å². The van der Waals surface area contributed by atoms with Crippen LogP contribution >= 0.6 is 0 Å². The zero-order valence-corrected chi connectivity index (χ0v) is 30.1. The number of fused-ring (bicyclic) bond motifs is 16. The van der Waals surface area contributed by atoms with E-state index in [-0.39, 0.29) is 5.41 Å². The summed E-state index contributed by atoms with van der Waals surface area (Å²) >= 11 is 0. The van der Waals surface area contributed by atoms with Crippen LogP contribution in [-0.4, -0.2) is 0 Å². The summed E-state index contributed by atoms with van der Waals surface area (Å²) in [4.78, 5) is 2.44. The number of hydrogen-bond donors (Lipinski definition) is 0. The van der Waals surface area contributed by atoms with Crippen molar-refractivity contribution in [2.45, 2.75) is 24.7 Å². The van der Waals surface area contributed by atoms with Gasteiger partial charge in [-0.3, -0.25) is 0 Å². The molecule has 0 aliphatic heterocycles. The second kappa shape index (κ2) is 10.5. The number of nitrogens with zero attached hydrogens (tertiary/aromatic N) is 1. The first-order valence-corrected chi connectivity index (χ1v) is 18.9. The standard InChI is InChI=1S/C52H35NO/c1-51(2)43-18-8-3-16-38(43)42-29-32(25-28-44(42)51)53(34-24-27-41-40-17-7-12-22-49(40)54-50(41)31-34)33-23-26-39-37-15-6-11-21-47(37)52(48(39)30-33)45-19-9-4-13-35(45)36-14-5-10-20-46(36)52/h3-31H,1-2H3. The van der Waals surface area contributed by atoms with Crippen LogP contribution in [0, 0.1) is 0 Å². The molecule has 0 radical (unpaired) electrons. The van der Waals surface area contributed by atoms with Crippen LogP contribution in [0.3, 0.4) is 0 Å². The molecule has 3 aliphatic rings. The van der Waals surface area contributed by atoms with E-state index in [1.807, 2.05) is 6.07 Å². The van der Waals surface area contributed by atoms with Gasteiger partial charge in [-0.25, -0.2) is 0 Å². The molecule has 0 saturated carbocycles. The van der Waals surface area contributed by atoms with Gasteiger partial charge in [-0.2, -0.15) is 0 Å². The van der Waals surface area contributed by atoms with Gasteiger partial charge in [-0.15, -0.1) is 0 Å². The van der Waals surface area contributed by atoms with E-state index in [0.29, 0.717) is 0 Å². The average molecular weight is 690 g/mol. The van der Waals surface area contributed by atoms with Crippen LogP contribution in [0.5, 0.6) is 0 Å². The molecule has 1 spiro atoms. The monoisotopic (exact) mass is 689 g/mol. The Morgan fingerprint density at radius 3 is 1.50 bits per heavy atom. The molecule has 254 valence electrons. The Kier molecular flexibility index (Phi) is 5.81. The summed E-state index contributed by atoms with van der Waals surface area (Å²) in [5.41, 5.74) is 20.5. The molecular formula is C52H35NO. The molecule has 0 atom stereocenters. The molecule has 0 amide bonds.